The van der Waals surface area contributed by atoms with E-state index in [2.05, 4.69) is 5.92 Å². The van der Waals surface area contributed by atoms with Gasteiger partial charge in [0.05, 0.1) is 18.8 Å². The van der Waals surface area contributed by atoms with E-state index in [1.807, 2.05) is 0 Å². The lowest BCUT2D eigenvalue weighted by molar-refractivity contribution is -0.203. The van der Waals surface area contributed by atoms with Crippen molar-refractivity contribution < 1.29 is 14.6 Å². The van der Waals surface area contributed by atoms with Gasteiger partial charge in [0.2, 0.25) is 0 Å². The first kappa shape index (κ1) is 10.9. The summed E-state index contributed by atoms with van der Waals surface area (Å²) in [5.41, 5.74) is -0.590. The third-order valence-electron chi connectivity index (χ3n) is 3.49. The van der Waals surface area contributed by atoms with E-state index < -0.39 is 5.60 Å². The summed E-state index contributed by atoms with van der Waals surface area (Å²) in [6.07, 6.45) is 9.58. The molecule has 0 amide bonds. The first-order chi connectivity index (χ1) is 7.18. The maximum Gasteiger partial charge on any atom is 0.168 e. The van der Waals surface area contributed by atoms with Crippen molar-refractivity contribution in [1.29, 1.82) is 0 Å². The third kappa shape index (κ3) is 2.34. The number of aliphatic hydroxyl groups is 1. The minimum Gasteiger partial charge on any atom is -0.390 e. The summed E-state index contributed by atoms with van der Waals surface area (Å²) in [4.78, 5) is 0. The maximum absolute atomic E-state index is 10.2. The van der Waals surface area contributed by atoms with Crippen LogP contribution < -0.4 is 0 Å². The van der Waals surface area contributed by atoms with E-state index >= 15 is 0 Å². The molecule has 0 aromatic heterocycles. The van der Waals surface area contributed by atoms with Crippen LogP contribution in [-0.2, 0) is 9.47 Å². The fraction of sp³-hybridized carbons (Fsp3) is 0.833. The van der Waals surface area contributed by atoms with Gasteiger partial charge < -0.3 is 14.6 Å². The molecule has 1 N–H and O–H groups in total. The highest BCUT2D eigenvalue weighted by molar-refractivity contribution is 4.94. The van der Waals surface area contributed by atoms with Crippen molar-refractivity contribution in [1.82, 2.24) is 0 Å². The average Bonchev–Trinajstić information content (AvgIpc) is 2.70. The molecule has 84 valence electrons. The van der Waals surface area contributed by atoms with Gasteiger partial charge in [-0.15, -0.1) is 12.3 Å². The number of terminal acetylenes is 1. The van der Waals surface area contributed by atoms with Crippen LogP contribution in [0.15, 0.2) is 0 Å². The lowest BCUT2D eigenvalue weighted by Crippen LogP contribution is -2.43. The Kier molecular flexibility index (Phi) is 3.01. The first-order valence-electron chi connectivity index (χ1n) is 5.62. The fourth-order valence-corrected chi connectivity index (χ4v) is 2.44. The Morgan fingerprint density at radius 2 is 1.73 bits per heavy atom. The van der Waals surface area contributed by atoms with E-state index in [0.29, 0.717) is 26.1 Å². The molecule has 15 heavy (non-hydrogen) atoms. The molecule has 0 radical (unpaired) electrons. The number of rotatable bonds is 2. The predicted molar refractivity (Wildman–Crippen MR) is 56.1 cm³/mol. The second-order valence-corrected chi connectivity index (χ2v) is 4.54. The Bertz CT molecular complexity index is 251. The average molecular weight is 210 g/mol. The molecule has 1 aliphatic heterocycles. The van der Waals surface area contributed by atoms with Gasteiger partial charge in [0, 0.05) is 19.3 Å². The van der Waals surface area contributed by atoms with E-state index in [9.17, 15) is 5.11 Å². The SMILES string of the molecule is C#CCCC1(O)CCC2(CC1)OCCO2. The molecule has 1 spiro atoms. The normalized spacial score (nSPS) is 27.7. The summed E-state index contributed by atoms with van der Waals surface area (Å²) < 4.78 is 11.2. The molecule has 0 bridgehead atoms. The Morgan fingerprint density at radius 1 is 1.13 bits per heavy atom. The van der Waals surface area contributed by atoms with Crippen molar-refractivity contribution >= 4 is 0 Å². The largest absolute Gasteiger partial charge is 0.390 e. The zero-order chi connectivity index (χ0) is 10.8. The maximum atomic E-state index is 10.2. The van der Waals surface area contributed by atoms with Crippen molar-refractivity contribution in [2.24, 2.45) is 0 Å². The van der Waals surface area contributed by atoms with E-state index in [1.165, 1.54) is 0 Å². The summed E-state index contributed by atoms with van der Waals surface area (Å²) in [7, 11) is 0. The molecule has 3 nitrogen and oxygen atoms in total. The van der Waals surface area contributed by atoms with Crippen molar-refractivity contribution in [3.8, 4) is 12.3 Å². The van der Waals surface area contributed by atoms with Gasteiger partial charge in [-0.25, -0.2) is 0 Å². The standard InChI is InChI=1S/C12H18O3/c1-2-3-4-11(13)5-7-12(8-6-11)14-9-10-15-12/h1,13H,3-10H2. The molecule has 0 unspecified atom stereocenters. The summed E-state index contributed by atoms with van der Waals surface area (Å²) >= 11 is 0. The predicted octanol–water partition coefficient (Wildman–Crippen LogP) is 1.45. The number of hydrogen-bond acceptors (Lipinski definition) is 3. The van der Waals surface area contributed by atoms with E-state index in [-0.39, 0.29) is 5.79 Å². The van der Waals surface area contributed by atoms with Gasteiger partial charge in [0.25, 0.3) is 0 Å². The molecule has 2 fully saturated rings. The third-order valence-corrected chi connectivity index (χ3v) is 3.49. The zero-order valence-corrected chi connectivity index (χ0v) is 9.00. The Balaban J connectivity index is 1.88. The van der Waals surface area contributed by atoms with Gasteiger partial charge >= 0.3 is 0 Å². The molecule has 0 atom stereocenters. The zero-order valence-electron chi connectivity index (χ0n) is 9.00. The Labute approximate surface area is 90.8 Å². The highest BCUT2D eigenvalue weighted by Gasteiger charge is 2.45. The topological polar surface area (TPSA) is 38.7 Å². The van der Waals surface area contributed by atoms with Crippen LogP contribution in [-0.4, -0.2) is 29.7 Å². The van der Waals surface area contributed by atoms with Crippen molar-refractivity contribution in [3.05, 3.63) is 0 Å². The molecule has 0 aromatic rings. The van der Waals surface area contributed by atoms with Crippen LogP contribution in [0, 0.1) is 12.3 Å². The highest BCUT2D eigenvalue weighted by Crippen LogP contribution is 2.41. The van der Waals surface area contributed by atoms with Gasteiger partial charge in [0.15, 0.2) is 5.79 Å². The van der Waals surface area contributed by atoms with Gasteiger partial charge in [-0.05, 0) is 19.3 Å². The summed E-state index contributed by atoms with van der Waals surface area (Å²) in [5.74, 6) is 2.19. The quantitative estimate of drug-likeness (QED) is 0.701. The number of hydrogen-bond donors (Lipinski definition) is 1. The van der Waals surface area contributed by atoms with Crippen molar-refractivity contribution in [2.45, 2.75) is 49.9 Å². The van der Waals surface area contributed by atoms with E-state index in [0.717, 1.165) is 25.7 Å². The van der Waals surface area contributed by atoms with Crippen LogP contribution in [0.25, 0.3) is 0 Å². The monoisotopic (exact) mass is 210 g/mol. The van der Waals surface area contributed by atoms with Crippen LogP contribution in [0.1, 0.15) is 38.5 Å². The fourth-order valence-electron chi connectivity index (χ4n) is 2.44. The van der Waals surface area contributed by atoms with Crippen molar-refractivity contribution in [2.75, 3.05) is 13.2 Å². The lowest BCUT2D eigenvalue weighted by atomic mass is 9.79. The van der Waals surface area contributed by atoms with Crippen LogP contribution in [0.4, 0.5) is 0 Å². The van der Waals surface area contributed by atoms with Crippen LogP contribution in [0.5, 0.6) is 0 Å². The first-order valence-corrected chi connectivity index (χ1v) is 5.62. The molecule has 1 aliphatic carbocycles. The van der Waals surface area contributed by atoms with E-state index in [4.69, 9.17) is 15.9 Å². The molecular formula is C12H18O3. The molecule has 3 heteroatoms. The van der Waals surface area contributed by atoms with Crippen LogP contribution >= 0.6 is 0 Å². The van der Waals surface area contributed by atoms with Crippen LogP contribution in [0.3, 0.4) is 0 Å². The molecular weight excluding hydrogens is 192 g/mol. The summed E-state index contributed by atoms with van der Waals surface area (Å²) in [5, 5.41) is 10.2. The molecule has 1 heterocycles. The van der Waals surface area contributed by atoms with Gasteiger partial charge in [-0.3, -0.25) is 0 Å². The van der Waals surface area contributed by atoms with Crippen molar-refractivity contribution in [3.63, 3.8) is 0 Å². The van der Waals surface area contributed by atoms with Gasteiger partial charge in [-0.2, -0.15) is 0 Å². The smallest absolute Gasteiger partial charge is 0.168 e. The minimum atomic E-state index is -0.590. The molecule has 2 aliphatic rings. The molecule has 0 aromatic carbocycles. The second-order valence-electron chi connectivity index (χ2n) is 4.54. The van der Waals surface area contributed by atoms with Gasteiger partial charge in [-0.1, -0.05) is 0 Å². The summed E-state index contributed by atoms with van der Waals surface area (Å²) in [6, 6.07) is 0. The number of ether oxygens (including phenoxy) is 2. The minimum absolute atomic E-state index is 0.387. The van der Waals surface area contributed by atoms with Gasteiger partial charge in [0.1, 0.15) is 0 Å². The Hall–Kier alpha value is -0.560. The molecule has 2 rings (SSSR count). The second kappa shape index (κ2) is 4.13. The highest BCUT2D eigenvalue weighted by atomic mass is 16.7. The Morgan fingerprint density at radius 3 is 2.27 bits per heavy atom. The molecule has 1 saturated carbocycles. The van der Waals surface area contributed by atoms with Crippen LogP contribution in [0.2, 0.25) is 0 Å². The summed E-state index contributed by atoms with van der Waals surface area (Å²) in [6.45, 7) is 1.37. The molecule has 1 saturated heterocycles. The van der Waals surface area contributed by atoms with E-state index in [1.54, 1.807) is 0 Å². The lowest BCUT2D eigenvalue weighted by Gasteiger charge is -2.40.